The predicted octanol–water partition coefficient (Wildman–Crippen LogP) is 2.45. The van der Waals surface area contributed by atoms with Crippen molar-refractivity contribution >= 4 is 23.3 Å². The fourth-order valence-corrected chi connectivity index (χ4v) is 5.08. The first-order valence-electron chi connectivity index (χ1n) is 8.25. The number of anilines is 1. The maximum atomic E-state index is 13.0. The highest BCUT2D eigenvalue weighted by Crippen LogP contribution is 2.65. The van der Waals surface area contributed by atoms with Crippen LogP contribution < -0.4 is 4.90 Å². The maximum Gasteiger partial charge on any atom is 0.238 e. The Bertz CT molecular complexity index is 760. The smallest absolute Gasteiger partial charge is 0.238 e. The van der Waals surface area contributed by atoms with E-state index in [-0.39, 0.29) is 41.3 Å². The number of rotatable bonds is 2. The van der Waals surface area contributed by atoms with Crippen molar-refractivity contribution < 1.29 is 14.4 Å². The van der Waals surface area contributed by atoms with Crippen molar-refractivity contribution in [3.63, 3.8) is 0 Å². The topological polar surface area (TPSA) is 54.5 Å². The van der Waals surface area contributed by atoms with Crippen LogP contribution in [0.15, 0.2) is 36.4 Å². The summed E-state index contributed by atoms with van der Waals surface area (Å²) in [6, 6.07) is 6.85. The number of carbonyl (C=O) groups is 3. The van der Waals surface area contributed by atoms with Gasteiger partial charge in [0.15, 0.2) is 5.78 Å². The standard InChI is InChI=1S/C19H17NO3/c1-9(21)10-3-2-4-11(7-10)20-18(22)16-12-5-6-13(15-8-14(12)15)17(16)19(20)23/h2-7,12-17H,8H2,1H3/t12-,13-,14-,15-,16-,17+/m0/s1. The molecule has 0 spiro atoms. The Morgan fingerprint density at radius 2 is 1.65 bits per heavy atom. The Morgan fingerprint density at radius 1 is 1.04 bits per heavy atom. The first kappa shape index (κ1) is 13.2. The minimum atomic E-state index is -0.192. The Labute approximate surface area is 134 Å². The van der Waals surface area contributed by atoms with Gasteiger partial charge >= 0.3 is 0 Å². The van der Waals surface area contributed by atoms with Crippen LogP contribution in [0.2, 0.25) is 0 Å². The number of nitrogens with zero attached hydrogens (tertiary/aromatic N) is 1. The lowest BCUT2D eigenvalue weighted by Gasteiger charge is -2.37. The van der Waals surface area contributed by atoms with Crippen LogP contribution in [0, 0.1) is 35.5 Å². The zero-order chi connectivity index (χ0) is 15.9. The van der Waals surface area contributed by atoms with Crippen molar-refractivity contribution in [2.75, 3.05) is 4.90 Å². The van der Waals surface area contributed by atoms with E-state index in [4.69, 9.17) is 0 Å². The van der Waals surface area contributed by atoms with E-state index < -0.39 is 0 Å². The molecule has 2 bridgehead atoms. The summed E-state index contributed by atoms with van der Waals surface area (Å²) < 4.78 is 0. The largest absolute Gasteiger partial charge is 0.295 e. The molecular formula is C19H17NO3. The molecule has 1 heterocycles. The zero-order valence-electron chi connectivity index (χ0n) is 12.8. The number of Topliss-reactive ketones (excluding diaryl/α,β-unsaturated/α-hetero) is 1. The summed E-state index contributed by atoms with van der Waals surface area (Å²) in [6.45, 7) is 1.49. The van der Waals surface area contributed by atoms with Gasteiger partial charge in [0, 0.05) is 5.56 Å². The molecule has 2 amide bonds. The number of hydrogen-bond donors (Lipinski definition) is 0. The summed E-state index contributed by atoms with van der Waals surface area (Å²) in [5, 5.41) is 0. The molecule has 6 rings (SSSR count). The van der Waals surface area contributed by atoms with Crippen LogP contribution in [0.4, 0.5) is 5.69 Å². The lowest BCUT2D eigenvalue weighted by atomic mass is 9.63. The van der Waals surface area contributed by atoms with Gasteiger partial charge in [-0.3, -0.25) is 14.4 Å². The Balaban J connectivity index is 1.57. The normalized spacial score (nSPS) is 39.4. The zero-order valence-corrected chi connectivity index (χ0v) is 12.8. The lowest BCUT2D eigenvalue weighted by Crippen LogP contribution is -2.40. The van der Waals surface area contributed by atoms with E-state index in [2.05, 4.69) is 12.2 Å². The SMILES string of the molecule is CC(=O)c1cccc(N2C(=O)[C@@H]3[C@H]4C=C[C@@H]([C@@H]5C[C@@H]45)[C@@H]3C2=O)c1. The molecular weight excluding hydrogens is 290 g/mol. The first-order chi connectivity index (χ1) is 11.1. The molecule has 1 aromatic carbocycles. The van der Waals surface area contributed by atoms with E-state index in [1.54, 1.807) is 24.3 Å². The van der Waals surface area contributed by atoms with E-state index in [0.29, 0.717) is 23.1 Å². The van der Waals surface area contributed by atoms with Crippen LogP contribution in [0.3, 0.4) is 0 Å². The van der Waals surface area contributed by atoms with Gasteiger partial charge in [0.1, 0.15) is 0 Å². The molecule has 4 nitrogen and oxygen atoms in total. The second-order valence-corrected chi connectivity index (χ2v) is 7.27. The van der Waals surface area contributed by atoms with Gasteiger partial charge in [0.25, 0.3) is 0 Å². The van der Waals surface area contributed by atoms with Crippen molar-refractivity contribution in [1.29, 1.82) is 0 Å². The summed E-state index contributed by atoms with van der Waals surface area (Å²) in [6.07, 6.45) is 5.50. The highest BCUT2D eigenvalue weighted by Gasteiger charge is 2.67. The van der Waals surface area contributed by atoms with Gasteiger partial charge in [0.2, 0.25) is 11.8 Å². The minimum Gasteiger partial charge on any atom is -0.295 e. The second-order valence-electron chi connectivity index (χ2n) is 7.27. The molecule has 4 heteroatoms. The predicted molar refractivity (Wildman–Crippen MR) is 83.6 cm³/mol. The third-order valence-corrected chi connectivity index (χ3v) is 6.17. The Kier molecular flexibility index (Phi) is 2.41. The summed E-state index contributed by atoms with van der Waals surface area (Å²) in [4.78, 5) is 38.9. The molecule has 1 saturated heterocycles. The third kappa shape index (κ3) is 1.58. The van der Waals surface area contributed by atoms with Crippen molar-refractivity contribution in [2.24, 2.45) is 35.5 Å². The Hall–Kier alpha value is -2.23. The molecule has 2 saturated carbocycles. The second kappa shape index (κ2) is 4.19. The minimum absolute atomic E-state index is 0.0636. The molecule has 116 valence electrons. The van der Waals surface area contributed by atoms with Crippen molar-refractivity contribution in [1.82, 2.24) is 0 Å². The van der Waals surface area contributed by atoms with Crippen molar-refractivity contribution in [3.05, 3.63) is 42.0 Å². The monoisotopic (exact) mass is 307 g/mol. The summed E-state index contributed by atoms with van der Waals surface area (Å²) in [7, 11) is 0. The number of allylic oxidation sites excluding steroid dienone is 2. The van der Waals surface area contributed by atoms with Gasteiger partial charge in [-0.05, 0) is 49.1 Å². The first-order valence-corrected chi connectivity index (χ1v) is 8.25. The lowest BCUT2D eigenvalue weighted by molar-refractivity contribution is -0.124. The summed E-state index contributed by atoms with van der Waals surface area (Å²) in [5.41, 5.74) is 1.07. The number of hydrogen-bond acceptors (Lipinski definition) is 3. The van der Waals surface area contributed by atoms with E-state index >= 15 is 0 Å². The summed E-state index contributed by atoms with van der Waals surface area (Å²) in [5.74, 6) is 1.06. The van der Waals surface area contributed by atoms with E-state index in [1.165, 1.54) is 11.8 Å². The highest BCUT2D eigenvalue weighted by atomic mass is 16.2. The summed E-state index contributed by atoms with van der Waals surface area (Å²) >= 11 is 0. The van der Waals surface area contributed by atoms with Crippen LogP contribution in [-0.2, 0) is 9.59 Å². The number of amides is 2. The van der Waals surface area contributed by atoms with Crippen molar-refractivity contribution in [3.8, 4) is 0 Å². The van der Waals surface area contributed by atoms with Gasteiger partial charge in [-0.1, -0.05) is 24.3 Å². The van der Waals surface area contributed by atoms with Crippen LogP contribution in [0.1, 0.15) is 23.7 Å². The molecule has 5 aliphatic rings. The average Bonchev–Trinajstić information content (AvgIpc) is 3.32. The maximum absolute atomic E-state index is 13.0. The molecule has 3 fully saturated rings. The fraction of sp³-hybridized carbons (Fsp3) is 0.421. The molecule has 0 aromatic heterocycles. The van der Waals surface area contributed by atoms with Gasteiger partial charge in [-0.25, -0.2) is 4.90 Å². The van der Waals surface area contributed by atoms with E-state index in [1.807, 2.05) is 0 Å². The third-order valence-electron chi connectivity index (χ3n) is 6.17. The molecule has 1 aromatic rings. The van der Waals surface area contributed by atoms with Gasteiger partial charge in [-0.15, -0.1) is 0 Å². The number of imide groups is 1. The molecule has 0 unspecified atom stereocenters. The molecule has 23 heavy (non-hydrogen) atoms. The molecule has 6 atom stereocenters. The van der Waals surface area contributed by atoms with Gasteiger partial charge in [0.05, 0.1) is 17.5 Å². The number of ketones is 1. The number of carbonyl (C=O) groups excluding carboxylic acids is 3. The average molecular weight is 307 g/mol. The van der Waals surface area contributed by atoms with Crippen LogP contribution >= 0.6 is 0 Å². The van der Waals surface area contributed by atoms with Gasteiger partial charge < -0.3 is 0 Å². The van der Waals surface area contributed by atoms with E-state index in [0.717, 1.165) is 6.42 Å². The quantitative estimate of drug-likeness (QED) is 0.479. The molecule has 1 aliphatic heterocycles. The van der Waals surface area contributed by atoms with Crippen LogP contribution in [0.5, 0.6) is 0 Å². The van der Waals surface area contributed by atoms with Crippen LogP contribution in [0.25, 0.3) is 0 Å². The number of benzene rings is 1. The highest BCUT2D eigenvalue weighted by molar-refractivity contribution is 6.23. The molecule has 0 N–H and O–H groups in total. The molecule has 0 radical (unpaired) electrons. The van der Waals surface area contributed by atoms with Gasteiger partial charge in [-0.2, -0.15) is 0 Å². The van der Waals surface area contributed by atoms with Crippen LogP contribution in [-0.4, -0.2) is 17.6 Å². The van der Waals surface area contributed by atoms with Crippen molar-refractivity contribution in [2.45, 2.75) is 13.3 Å². The molecule has 4 aliphatic carbocycles. The fourth-order valence-electron chi connectivity index (χ4n) is 5.08. The van der Waals surface area contributed by atoms with E-state index in [9.17, 15) is 14.4 Å². The Morgan fingerprint density at radius 3 is 2.22 bits per heavy atom.